The van der Waals surface area contributed by atoms with Crippen LogP contribution in [0.5, 0.6) is 11.5 Å². The highest BCUT2D eigenvalue weighted by Gasteiger charge is 2.18. The molecule has 0 fully saturated rings. The second kappa shape index (κ2) is 6.60. The summed E-state index contributed by atoms with van der Waals surface area (Å²) in [5.41, 5.74) is 1.82. The number of methoxy groups -OCH3 is 1. The van der Waals surface area contributed by atoms with Crippen molar-refractivity contribution < 1.29 is 17.9 Å². The fourth-order valence-electron chi connectivity index (χ4n) is 2.51. The lowest BCUT2D eigenvalue weighted by atomic mass is 10.1. The maximum absolute atomic E-state index is 12.4. The Morgan fingerprint density at radius 3 is 2.70 bits per heavy atom. The summed E-state index contributed by atoms with van der Waals surface area (Å²) in [4.78, 5) is 0.273. The van der Waals surface area contributed by atoms with Crippen LogP contribution in [0.3, 0.4) is 0 Å². The quantitative estimate of drug-likeness (QED) is 0.913. The predicted octanol–water partition coefficient (Wildman–Crippen LogP) is 2.50. The first-order valence-corrected chi connectivity index (χ1v) is 8.95. The largest absolute Gasteiger partial charge is 0.497 e. The van der Waals surface area contributed by atoms with Crippen molar-refractivity contribution in [1.29, 1.82) is 0 Å². The monoisotopic (exact) mass is 333 g/mol. The lowest BCUT2D eigenvalue weighted by Gasteiger charge is -2.18. The summed E-state index contributed by atoms with van der Waals surface area (Å²) in [7, 11) is -1.95. The smallest absolute Gasteiger partial charge is 0.240 e. The SMILES string of the molecule is COc1ccc(CNS(=O)(=O)c2ccc3c(c2)CCCO3)cc1. The topological polar surface area (TPSA) is 64.6 Å². The van der Waals surface area contributed by atoms with E-state index >= 15 is 0 Å². The maximum Gasteiger partial charge on any atom is 0.240 e. The van der Waals surface area contributed by atoms with Crippen LogP contribution < -0.4 is 14.2 Å². The highest BCUT2D eigenvalue weighted by Crippen LogP contribution is 2.27. The Kier molecular flexibility index (Phi) is 4.54. The van der Waals surface area contributed by atoms with Crippen LogP contribution in [0.1, 0.15) is 17.5 Å². The number of hydrogen-bond acceptors (Lipinski definition) is 4. The number of fused-ring (bicyclic) bond motifs is 1. The molecule has 0 saturated heterocycles. The molecular weight excluding hydrogens is 314 g/mol. The molecule has 0 radical (unpaired) electrons. The highest BCUT2D eigenvalue weighted by molar-refractivity contribution is 7.89. The van der Waals surface area contributed by atoms with Crippen molar-refractivity contribution in [2.75, 3.05) is 13.7 Å². The average Bonchev–Trinajstić information content (AvgIpc) is 2.60. The number of ether oxygens (including phenoxy) is 2. The molecule has 1 heterocycles. The minimum Gasteiger partial charge on any atom is -0.497 e. The molecule has 3 rings (SSSR count). The lowest BCUT2D eigenvalue weighted by molar-refractivity contribution is 0.288. The highest BCUT2D eigenvalue weighted by atomic mass is 32.2. The van der Waals surface area contributed by atoms with Crippen LogP contribution in [-0.2, 0) is 23.0 Å². The standard InChI is InChI=1S/C17H19NO4S/c1-21-15-6-4-13(5-7-15)12-18-23(19,20)16-8-9-17-14(11-16)3-2-10-22-17/h4-9,11,18H,2-3,10,12H2,1H3. The second-order valence-corrected chi connectivity index (χ2v) is 7.16. The van der Waals surface area contributed by atoms with Crippen LogP contribution in [0, 0.1) is 0 Å². The summed E-state index contributed by atoms with van der Waals surface area (Å²) < 4.78 is 38.1. The minimum absolute atomic E-state index is 0.236. The molecule has 1 aliphatic heterocycles. The summed E-state index contributed by atoms with van der Waals surface area (Å²) in [6.45, 7) is 0.925. The van der Waals surface area contributed by atoms with Gasteiger partial charge in [-0.15, -0.1) is 0 Å². The summed E-state index contributed by atoms with van der Waals surface area (Å²) in [5.74, 6) is 1.52. The van der Waals surface area contributed by atoms with Crippen molar-refractivity contribution in [2.45, 2.75) is 24.3 Å². The first-order valence-electron chi connectivity index (χ1n) is 7.47. The molecule has 0 aromatic heterocycles. The Hall–Kier alpha value is -2.05. The Balaban J connectivity index is 1.73. The molecular formula is C17H19NO4S. The van der Waals surface area contributed by atoms with Gasteiger partial charge < -0.3 is 9.47 Å². The first-order chi connectivity index (χ1) is 11.1. The Morgan fingerprint density at radius 2 is 1.96 bits per heavy atom. The number of sulfonamides is 1. The van der Waals surface area contributed by atoms with Crippen molar-refractivity contribution in [2.24, 2.45) is 0 Å². The molecule has 0 unspecified atom stereocenters. The van der Waals surface area contributed by atoms with Crippen molar-refractivity contribution in [1.82, 2.24) is 4.72 Å². The Labute approximate surface area is 136 Å². The zero-order valence-corrected chi connectivity index (χ0v) is 13.7. The van der Waals surface area contributed by atoms with E-state index in [4.69, 9.17) is 9.47 Å². The van der Waals surface area contributed by atoms with Crippen molar-refractivity contribution >= 4 is 10.0 Å². The molecule has 1 N–H and O–H groups in total. The minimum atomic E-state index is -3.54. The number of benzene rings is 2. The molecule has 0 saturated carbocycles. The van der Waals surface area contributed by atoms with Crippen LogP contribution in [-0.4, -0.2) is 22.1 Å². The van der Waals surface area contributed by atoms with E-state index in [0.717, 1.165) is 35.5 Å². The molecule has 2 aromatic rings. The zero-order valence-electron chi connectivity index (χ0n) is 12.9. The molecule has 0 atom stereocenters. The second-order valence-electron chi connectivity index (χ2n) is 5.39. The zero-order chi connectivity index (χ0) is 16.3. The molecule has 0 bridgehead atoms. The van der Waals surface area contributed by atoms with Crippen LogP contribution >= 0.6 is 0 Å². The van der Waals surface area contributed by atoms with Gasteiger partial charge in [0, 0.05) is 6.54 Å². The van der Waals surface area contributed by atoms with Crippen LogP contribution in [0.2, 0.25) is 0 Å². The van der Waals surface area contributed by atoms with Crippen molar-refractivity contribution in [3.63, 3.8) is 0 Å². The third kappa shape index (κ3) is 3.65. The number of aryl methyl sites for hydroxylation is 1. The molecule has 122 valence electrons. The number of nitrogens with one attached hydrogen (secondary N) is 1. The Morgan fingerprint density at radius 1 is 1.17 bits per heavy atom. The third-order valence-corrected chi connectivity index (χ3v) is 5.21. The van der Waals surface area contributed by atoms with E-state index in [2.05, 4.69) is 4.72 Å². The summed E-state index contributed by atoms with van der Waals surface area (Å²) in [6, 6.07) is 12.3. The molecule has 23 heavy (non-hydrogen) atoms. The van der Waals surface area contributed by atoms with E-state index in [1.807, 2.05) is 12.1 Å². The predicted molar refractivity (Wildman–Crippen MR) is 87.3 cm³/mol. The van der Waals surface area contributed by atoms with Crippen molar-refractivity contribution in [3.05, 3.63) is 53.6 Å². The maximum atomic E-state index is 12.4. The van der Waals surface area contributed by atoms with E-state index < -0.39 is 10.0 Å². The van der Waals surface area contributed by atoms with Gasteiger partial charge in [-0.05, 0) is 54.3 Å². The van der Waals surface area contributed by atoms with E-state index in [1.165, 1.54) is 0 Å². The van der Waals surface area contributed by atoms with Gasteiger partial charge in [-0.25, -0.2) is 13.1 Å². The summed E-state index contributed by atoms with van der Waals surface area (Å²) in [6.07, 6.45) is 1.76. The van der Waals surface area contributed by atoms with Crippen LogP contribution in [0.15, 0.2) is 47.4 Å². The van der Waals surface area contributed by atoms with Gasteiger partial charge in [0.15, 0.2) is 0 Å². The van der Waals surface area contributed by atoms with Gasteiger partial charge in [-0.1, -0.05) is 12.1 Å². The normalized spacial score (nSPS) is 14.0. The molecule has 0 aliphatic carbocycles. The van der Waals surface area contributed by atoms with Gasteiger partial charge in [0.2, 0.25) is 10.0 Å². The fourth-order valence-corrected chi connectivity index (χ4v) is 3.58. The molecule has 0 amide bonds. The van der Waals surface area contributed by atoms with Gasteiger partial charge in [-0.3, -0.25) is 0 Å². The third-order valence-electron chi connectivity index (χ3n) is 3.82. The van der Waals surface area contributed by atoms with Gasteiger partial charge >= 0.3 is 0 Å². The van der Waals surface area contributed by atoms with E-state index in [-0.39, 0.29) is 11.4 Å². The summed E-state index contributed by atoms with van der Waals surface area (Å²) >= 11 is 0. The summed E-state index contributed by atoms with van der Waals surface area (Å²) in [5, 5.41) is 0. The number of rotatable bonds is 5. The van der Waals surface area contributed by atoms with Crippen LogP contribution in [0.4, 0.5) is 0 Å². The number of hydrogen-bond donors (Lipinski definition) is 1. The molecule has 6 heteroatoms. The van der Waals surface area contributed by atoms with Gasteiger partial charge in [0.25, 0.3) is 0 Å². The van der Waals surface area contributed by atoms with E-state index in [0.29, 0.717) is 6.61 Å². The molecule has 2 aromatic carbocycles. The van der Waals surface area contributed by atoms with E-state index in [1.54, 1.807) is 37.4 Å². The van der Waals surface area contributed by atoms with Gasteiger partial charge in [0.05, 0.1) is 18.6 Å². The van der Waals surface area contributed by atoms with Crippen LogP contribution in [0.25, 0.3) is 0 Å². The van der Waals surface area contributed by atoms with Crippen molar-refractivity contribution in [3.8, 4) is 11.5 Å². The molecule has 0 spiro atoms. The average molecular weight is 333 g/mol. The molecule has 1 aliphatic rings. The molecule has 5 nitrogen and oxygen atoms in total. The first kappa shape index (κ1) is 15.8. The van der Waals surface area contributed by atoms with Gasteiger partial charge in [0.1, 0.15) is 11.5 Å². The van der Waals surface area contributed by atoms with E-state index in [9.17, 15) is 8.42 Å². The van der Waals surface area contributed by atoms with Gasteiger partial charge in [-0.2, -0.15) is 0 Å². The lowest BCUT2D eigenvalue weighted by Crippen LogP contribution is -2.23. The Bertz CT molecular complexity index is 785. The fraction of sp³-hybridized carbons (Fsp3) is 0.294.